The van der Waals surface area contributed by atoms with E-state index in [9.17, 15) is 9.18 Å². The number of aromatic nitrogens is 2. The van der Waals surface area contributed by atoms with Gasteiger partial charge >= 0.3 is 0 Å². The van der Waals surface area contributed by atoms with Crippen LogP contribution >= 0.6 is 0 Å². The molecule has 0 bridgehead atoms. The topological polar surface area (TPSA) is 56.6 Å². The van der Waals surface area contributed by atoms with Crippen molar-refractivity contribution in [3.8, 4) is 17.3 Å². The highest BCUT2D eigenvalue weighted by atomic mass is 19.1. The van der Waals surface area contributed by atoms with Crippen molar-refractivity contribution in [2.45, 2.75) is 26.8 Å². The predicted molar refractivity (Wildman–Crippen MR) is 112 cm³/mol. The van der Waals surface area contributed by atoms with Gasteiger partial charge in [-0.2, -0.15) is 5.10 Å². The molecule has 0 aliphatic heterocycles. The van der Waals surface area contributed by atoms with Gasteiger partial charge in [0.05, 0.1) is 30.1 Å². The monoisotopic (exact) mass is 411 g/mol. The Labute approximate surface area is 175 Å². The standard InChI is InChI=1S/C23H26FN3O3/c1-4-22-21(16-26(17(2)28)14-15-29-3)23(30-20-8-6-5-7-9-20)27(25-22)19-12-10-18(24)11-13-19/h5-13H,4,14-16H2,1-3H3. The lowest BCUT2D eigenvalue weighted by molar-refractivity contribution is -0.130. The van der Waals surface area contributed by atoms with Gasteiger partial charge in [0, 0.05) is 20.6 Å². The number of nitrogens with zero attached hydrogens (tertiary/aromatic N) is 3. The van der Waals surface area contributed by atoms with Crippen LogP contribution in [0.5, 0.6) is 11.6 Å². The number of halogens is 1. The fourth-order valence-electron chi connectivity index (χ4n) is 3.12. The molecule has 7 heteroatoms. The van der Waals surface area contributed by atoms with Crippen LogP contribution in [0.25, 0.3) is 5.69 Å². The average Bonchev–Trinajstić information content (AvgIpc) is 3.09. The average molecular weight is 411 g/mol. The summed E-state index contributed by atoms with van der Waals surface area (Å²) in [4.78, 5) is 13.9. The van der Waals surface area contributed by atoms with Crippen molar-refractivity contribution in [3.05, 3.63) is 71.7 Å². The Morgan fingerprint density at radius 1 is 1.13 bits per heavy atom. The van der Waals surface area contributed by atoms with Crippen molar-refractivity contribution < 1.29 is 18.7 Å². The lowest BCUT2D eigenvalue weighted by Gasteiger charge is -2.21. The van der Waals surface area contributed by atoms with E-state index in [1.165, 1.54) is 19.1 Å². The van der Waals surface area contributed by atoms with Crippen molar-refractivity contribution >= 4 is 5.91 Å². The van der Waals surface area contributed by atoms with Crippen LogP contribution in [-0.2, 0) is 22.5 Å². The zero-order chi connectivity index (χ0) is 21.5. The predicted octanol–water partition coefficient (Wildman–Crippen LogP) is 4.36. The fourth-order valence-corrected chi connectivity index (χ4v) is 3.12. The van der Waals surface area contributed by atoms with Crippen LogP contribution in [0.3, 0.4) is 0 Å². The van der Waals surface area contributed by atoms with Gasteiger partial charge in [-0.25, -0.2) is 9.07 Å². The molecule has 158 valence electrons. The molecule has 0 saturated carbocycles. The number of para-hydroxylation sites is 1. The summed E-state index contributed by atoms with van der Waals surface area (Å²) in [5, 5.41) is 4.72. The molecule has 0 atom stereocenters. The highest BCUT2D eigenvalue weighted by Gasteiger charge is 2.23. The van der Waals surface area contributed by atoms with E-state index in [1.54, 1.807) is 28.8 Å². The largest absolute Gasteiger partial charge is 0.439 e. The normalized spacial score (nSPS) is 10.8. The summed E-state index contributed by atoms with van der Waals surface area (Å²) in [5.41, 5.74) is 2.31. The van der Waals surface area contributed by atoms with Crippen LogP contribution in [0.15, 0.2) is 54.6 Å². The number of ether oxygens (including phenoxy) is 2. The van der Waals surface area contributed by atoms with Crippen molar-refractivity contribution in [2.24, 2.45) is 0 Å². The number of carbonyl (C=O) groups is 1. The van der Waals surface area contributed by atoms with Crippen LogP contribution < -0.4 is 4.74 Å². The molecule has 0 N–H and O–H groups in total. The lowest BCUT2D eigenvalue weighted by Crippen LogP contribution is -2.31. The molecule has 3 aromatic rings. The second kappa shape index (κ2) is 10.0. The third-order valence-corrected chi connectivity index (χ3v) is 4.74. The summed E-state index contributed by atoms with van der Waals surface area (Å²) in [6, 6.07) is 15.4. The number of methoxy groups -OCH3 is 1. The lowest BCUT2D eigenvalue weighted by atomic mass is 10.2. The number of benzene rings is 2. The molecule has 0 unspecified atom stereocenters. The van der Waals surface area contributed by atoms with Crippen LogP contribution in [0.2, 0.25) is 0 Å². The van der Waals surface area contributed by atoms with Crippen molar-refractivity contribution in [1.29, 1.82) is 0 Å². The number of amides is 1. The maximum atomic E-state index is 13.5. The van der Waals surface area contributed by atoms with E-state index in [1.807, 2.05) is 37.3 Å². The van der Waals surface area contributed by atoms with Crippen molar-refractivity contribution in [2.75, 3.05) is 20.3 Å². The van der Waals surface area contributed by atoms with Gasteiger partial charge in [-0.3, -0.25) is 4.79 Å². The third-order valence-electron chi connectivity index (χ3n) is 4.74. The Morgan fingerprint density at radius 2 is 1.83 bits per heavy atom. The summed E-state index contributed by atoms with van der Waals surface area (Å²) in [6.45, 7) is 4.76. The Kier molecular flexibility index (Phi) is 7.19. The van der Waals surface area contributed by atoms with Gasteiger partial charge in [-0.1, -0.05) is 25.1 Å². The maximum absolute atomic E-state index is 13.5. The molecule has 1 aromatic heterocycles. The van der Waals surface area contributed by atoms with Crippen LogP contribution in [0.1, 0.15) is 25.1 Å². The number of carbonyl (C=O) groups excluding carboxylic acids is 1. The van der Waals surface area contributed by atoms with Crippen LogP contribution in [0, 0.1) is 5.82 Å². The van der Waals surface area contributed by atoms with E-state index in [4.69, 9.17) is 14.6 Å². The SMILES string of the molecule is CCc1nn(-c2ccc(F)cc2)c(Oc2ccccc2)c1CN(CCOC)C(C)=O. The molecule has 1 heterocycles. The third kappa shape index (κ3) is 5.04. The van der Waals surface area contributed by atoms with Gasteiger partial charge in [0.1, 0.15) is 11.6 Å². The van der Waals surface area contributed by atoms with E-state index in [0.29, 0.717) is 43.4 Å². The van der Waals surface area contributed by atoms with Gasteiger partial charge in [0.25, 0.3) is 0 Å². The maximum Gasteiger partial charge on any atom is 0.227 e. The summed E-state index contributed by atoms with van der Waals surface area (Å²) >= 11 is 0. The second-order valence-corrected chi connectivity index (χ2v) is 6.82. The molecule has 0 saturated heterocycles. The minimum atomic E-state index is -0.324. The first kappa shape index (κ1) is 21.5. The van der Waals surface area contributed by atoms with Gasteiger partial charge in [-0.15, -0.1) is 0 Å². The molecule has 2 aromatic carbocycles. The Bertz CT molecular complexity index is 971. The Morgan fingerprint density at radius 3 is 2.43 bits per heavy atom. The summed E-state index contributed by atoms with van der Waals surface area (Å²) in [6.07, 6.45) is 0.657. The number of rotatable bonds is 9. The highest BCUT2D eigenvalue weighted by molar-refractivity contribution is 5.73. The minimum Gasteiger partial charge on any atom is -0.439 e. The number of aryl methyl sites for hydroxylation is 1. The molecular formula is C23H26FN3O3. The van der Waals surface area contributed by atoms with Crippen molar-refractivity contribution in [1.82, 2.24) is 14.7 Å². The summed E-state index contributed by atoms with van der Waals surface area (Å²) in [7, 11) is 1.60. The molecule has 30 heavy (non-hydrogen) atoms. The van der Waals surface area contributed by atoms with Crippen molar-refractivity contribution in [3.63, 3.8) is 0 Å². The fraction of sp³-hybridized carbons (Fsp3) is 0.304. The van der Waals surface area contributed by atoms with Crippen LogP contribution in [-0.4, -0.2) is 40.8 Å². The van der Waals surface area contributed by atoms with E-state index < -0.39 is 0 Å². The molecule has 3 rings (SSSR count). The van der Waals surface area contributed by atoms with Gasteiger partial charge in [-0.05, 0) is 42.8 Å². The van der Waals surface area contributed by atoms with E-state index >= 15 is 0 Å². The number of hydrogen-bond donors (Lipinski definition) is 0. The molecular weight excluding hydrogens is 385 g/mol. The molecule has 1 amide bonds. The molecule has 0 fully saturated rings. The first-order valence-corrected chi connectivity index (χ1v) is 9.87. The zero-order valence-corrected chi connectivity index (χ0v) is 17.5. The Hall–Kier alpha value is -3.19. The van der Waals surface area contributed by atoms with Gasteiger partial charge < -0.3 is 14.4 Å². The van der Waals surface area contributed by atoms with Crippen LogP contribution in [0.4, 0.5) is 4.39 Å². The molecule has 0 spiro atoms. The quantitative estimate of drug-likeness (QED) is 0.525. The first-order chi connectivity index (χ1) is 14.5. The number of hydrogen-bond acceptors (Lipinski definition) is 4. The molecule has 6 nitrogen and oxygen atoms in total. The molecule has 0 aliphatic rings. The minimum absolute atomic E-state index is 0.0608. The summed E-state index contributed by atoms with van der Waals surface area (Å²) < 4.78 is 26.5. The first-order valence-electron chi connectivity index (χ1n) is 9.87. The summed E-state index contributed by atoms with van der Waals surface area (Å²) in [5.74, 6) is 0.772. The molecule has 0 aliphatic carbocycles. The van der Waals surface area contributed by atoms with E-state index in [0.717, 1.165) is 11.3 Å². The zero-order valence-electron chi connectivity index (χ0n) is 17.5. The highest BCUT2D eigenvalue weighted by Crippen LogP contribution is 2.32. The van der Waals surface area contributed by atoms with Gasteiger partial charge in [0.2, 0.25) is 11.8 Å². The molecule has 0 radical (unpaired) electrons. The van der Waals surface area contributed by atoms with E-state index in [2.05, 4.69) is 0 Å². The Balaban J connectivity index is 2.08. The smallest absolute Gasteiger partial charge is 0.227 e. The van der Waals surface area contributed by atoms with Gasteiger partial charge in [0.15, 0.2) is 0 Å². The second-order valence-electron chi connectivity index (χ2n) is 6.82. The van der Waals surface area contributed by atoms with E-state index in [-0.39, 0.29) is 11.7 Å².